The highest BCUT2D eigenvalue weighted by molar-refractivity contribution is 5.00. The number of rotatable bonds is 5. The van der Waals surface area contributed by atoms with Crippen molar-refractivity contribution in [1.82, 2.24) is 0 Å². The van der Waals surface area contributed by atoms with Gasteiger partial charge in [0.1, 0.15) is 0 Å². The largest absolute Gasteiger partial charge is 0.393 e. The summed E-state index contributed by atoms with van der Waals surface area (Å²) in [6.45, 7) is 13.7. The molecular weight excluding hydrogens is 284 g/mol. The molecule has 3 aliphatic rings. The van der Waals surface area contributed by atoms with Crippen molar-refractivity contribution in [3.05, 3.63) is 0 Å². The molecule has 138 valence electrons. The third-order valence-electron chi connectivity index (χ3n) is 6.43. The second-order valence-electron chi connectivity index (χ2n) is 7.83. The van der Waals surface area contributed by atoms with Gasteiger partial charge in [-0.1, -0.05) is 53.9 Å². The van der Waals surface area contributed by atoms with E-state index in [0.717, 1.165) is 18.9 Å². The lowest BCUT2D eigenvalue weighted by Crippen LogP contribution is -2.39. The van der Waals surface area contributed by atoms with Crippen LogP contribution in [0.15, 0.2) is 0 Å². The first kappa shape index (κ1) is 21.0. The second kappa shape index (κ2) is 9.42. The molecule has 0 aromatic carbocycles. The van der Waals surface area contributed by atoms with Crippen LogP contribution >= 0.6 is 0 Å². The number of ether oxygens (including phenoxy) is 1. The van der Waals surface area contributed by atoms with E-state index in [1.807, 2.05) is 27.7 Å². The van der Waals surface area contributed by atoms with Gasteiger partial charge in [0.2, 0.25) is 0 Å². The van der Waals surface area contributed by atoms with E-state index in [0.29, 0.717) is 11.3 Å². The zero-order chi connectivity index (χ0) is 17.5. The van der Waals surface area contributed by atoms with Gasteiger partial charge < -0.3 is 9.84 Å². The van der Waals surface area contributed by atoms with Crippen LogP contribution in [0.4, 0.5) is 0 Å². The number of aliphatic hydroxyl groups is 1. The van der Waals surface area contributed by atoms with Crippen molar-refractivity contribution in [3.63, 3.8) is 0 Å². The van der Waals surface area contributed by atoms with Crippen molar-refractivity contribution in [2.24, 2.45) is 17.3 Å². The molecule has 5 unspecified atom stereocenters. The first-order chi connectivity index (χ1) is 11.0. The van der Waals surface area contributed by atoms with Crippen LogP contribution in [0.25, 0.3) is 0 Å². The fraction of sp³-hybridized carbons (Fsp3) is 1.00. The zero-order valence-electron chi connectivity index (χ0n) is 16.7. The number of fused-ring (bicyclic) bond motifs is 1. The van der Waals surface area contributed by atoms with E-state index in [-0.39, 0.29) is 11.7 Å². The average molecular weight is 327 g/mol. The first-order valence-corrected chi connectivity index (χ1v) is 10.4. The molecular formula is C21H42O2. The highest BCUT2D eigenvalue weighted by Gasteiger charge is 2.50. The van der Waals surface area contributed by atoms with E-state index in [2.05, 4.69) is 13.8 Å². The Morgan fingerprint density at radius 2 is 1.65 bits per heavy atom. The van der Waals surface area contributed by atoms with E-state index in [9.17, 15) is 5.11 Å². The fourth-order valence-corrected chi connectivity index (χ4v) is 4.89. The lowest BCUT2D eigenvalue weighted by atomic mass is 9.63. The smallest absolute Gasteiger partial charge is 0.0888 e. The Balaban J connectivity index is 0.000000615. The van der Waals surface area contributed by atoms with Crippen LogP contribution < -0.4 is 0 Å². The minimum absolute atomic E-state index is 0.0116. The summed E-state index contributed by atoms with van der Waals surface area (Å²) in [5.41, 5.74) is 0.681. The van der Waals surface area contributed by atoms with Crippen LogP contribution in [0.1, 0.15) is 99.3 Å². The minimum atomic E-state index is -0.0116. The van der Waals surface area contributed by atoms with Gasteiger partial charge >= 0.3 is 0 Å². The Morgan fingerprint density at radius 1 is 1.00 bits per heavy atom. The van der Waals surface area contributed by atoms with Crippen molar-refractivity contribution in [1.29, 1.82) is 0 Å². The van der Waals surface area contributed by atoms with E-state index in [1.165, 1.54) is 51.4 Å². The second-order valence-corrected chi connectivity index (χ2v) is 7.83. The van der Waals surface area contributed by atoms with Crippen molar-refractivity contribution in [2.45, 2.75) is 111 Å². The molecule has 2 heteroatoms. The number of epoxide rings is 1. The van der Waals surface area contributed by atoms with Gasteiger partial charge in [0.15, 0.2) is 0 Å². The first-order valence-electron chi connectivity index (χ1n) is 10.4. The topological polar surface area (TPSA) is 32.8 Å². The molecule has 0 aromatic rings. The van der Waals surface area contributed by atoms with Crippen LogP contribution in [0.3, 0.4) is 0 Å². The van der Waals surface area contributed by atoms with Crippen LogP contribution in [-0.4, -0.2) is 23.4 Å². The predicted molar refractivity (Wildman–Crippen MR) is 99.7 cm³/mol. The maximum absolute atomic E-state index is 10.2. The SMILES string of the molecule is CC.CC.CC1(CCCCC2CCC3C(O)CCCC23C)CO1. The molecule has 0 bridgehead atoms. The lowest BCUT2D eigenvalue weighted by Gasteiger charge is -2.43. The van der Waals surface area contributed by atoms with Crippen LogP contribution in [0.2, 0.25) is 0 Å². The van der Waals surface area contributed by atoms with Crippen LogP contribution in [0, 0.1) is 17.3 Å². The highest BCUT2D eigenvalue weighted by atomic mass is 16.6. The molecule has 0 radical (unpaired) electrons. The zero-order valence-corrected chi connectivity index (χ0v) is 16.7. The molecule has 2 nitrogen and oxygen atoms in total. The Kier molecular flexibility index (Phi) is 8.58. The number of unbranched alkanes of at least 4 members (excludes halogenated alkanes) is 1. The van der Waals surface area contributed by atoms with E-state index in [4.69, 9.17) is 4.74 Å². The molecule has 1 aliphatic heterocycles. The van der Waals surface area contributed by atoms with Gasteiger partial charge in [0.05, 0.1) is 18.3 Å². The molecule has 0 spiro atoms. The summed E-state index contributed by atoms with van der Waals surface area (Å²) in [5.74, 6) is 1.45. The van der Waals surface area contributed by atoms with Gasteiger partial charge in [0, 0.05) is 0 Å². The normalized spacial score (nSPS) is 41.1. The molecule has 3 rings (SSSR count). The number of hydrogen-bond donors (Lipinski definition) is 1. The Bertz CT molecular complexity index is 324. The summed E-state index contributed by atoms with van der Waals surface area (Å²) in [6, 6.07) is 0. The van der Waals surface area contributed by atoms with Gasteiger partial charge in [-0.25, -0.2) is 0 Å². The van der Waals surface area contributed by atoms with Crippen molar-refractivity contribution < 1.29 is 9.84 Å². The third-order valence-corrected chi connectivity index (χ3v) is 6.43. The molecule has 2 saturated carbocycles. The molecule has 1 N–H and O–H groups in total. The lowest BCUT2D eigenvalue weighted by molar-refractivity contribution is -0.0187. The van der Waals surface area contributed by atoms with Crippen LogP contribution in [-0.2, 0) is 4.74 Å². The van der Waals surface area contributed by atoms with Gasteiger partial charge in [0.25, 0.3) is 0 Å². The summed E-state index contributed by atoms with van der Waals surface area (Å²) in [4.78, 5) is 0. The van der Waals surface area contributed by atoms with Gasteiger partial charge in [-0.2, -0.15) is 0 Å². The maximum Gasteiger partial charge on any atom is 0.0888 e. The van der Waals surface area contributed by atoms with Crippen LogP contribution in [0.5, 0.6) is 0 Å². The Morgan fingerprint density at radius 3 is 2.26 bits per heavy atom. The van der Waals surface area contributed by atoms with E-state index >= 15 is 0 Å². The molecule has 0 aromatic heterocycles. The van der Waals surface area contributed by atoms with Crippen molar-refractivity contribution >= 4 is 0 Å². The summed E-state index contributed by atoms with van der Waals surface area (Å²) in [6.07, 6.45) is 11.5. The molecule has 5 atom stereocenters. The molecule has 3 fully saturated rings. The quantitative estimate of drug-likeness (QED) is 0.499. The number of hydrogen-bond acceptors (Lipinski definition) is 2. The highest BCUT2D eigenvalue weighted by Crippen LogP contribution is 2.56. The molecule has 1 saturated heterocycles. The standard InChI is InChI=1S/C17H30O2.2C2H6/c1-16(12-19-16)10-4-3-6-13-8-9-14-15(18)7-5-11-17(13,14)2;2*1-2/h13-15,18H,3-12H2,1-2H3;2*1-2H3. The van der Waals surface area contributed by atoms with Gasteiger partial charge in [-0.3, -0.25) is 0 Å². The average Bonchev–Trinajstić information content (AvgIpc) is 3.20. The summed E-state index contributed by atoms with van der Waals surface area (Å²) in [5, 5.41) is 10.2. The monoisotopic (exact) mass is 326 g/mol. The predicted octanol–water partition coefficient (Wildman–Crippen LogP) is 5.97. The maximum atomic E-state index is 10.2. The van der Waals surface area contributed by atoms with Crippen molar-refractivity contribution in [3.8, 4) is 0 Å². The molecule has 1 heterocycles. The van der Waals surface area contributed by atoms with Gasteiger partial charge in [-0.05, 0) is 62.7 Å². The van der Waals surface area contributed by atoms with Gasteiger partial charge in [-0.15, -0.1) is 0 Å². The molecule has 0 amide bonds. The summed E-state index contributed by atoms with van der Waals surface area (Å²) in [7, 11) is 0. The van der Waals surface area contributed by atoms with Crippen molar-refractivity contribution in [2.75, 3.05) is 6.61 Å². The Labute approximate surface area is 145 Å². The Hall–Kier alpha value is -0.0800. The van der Waals surface area contributed by atoms with E-state index < -0.39 is 0 Å². The fourth-order valence-electron chi connectivity index (χ4n) is 4.89. The number of aliphatic hydroxyl groups excluding tert-OH is 1. The molecule has 23 heavy (non-hydrogen) atoms. The molecule has 2 aliphatic carbocycles. The third kappa shape index (κ3) is 5.19. The summed E-state index contributed by atoms with van der Waals surface area (Å²) >= 11 is 0. The minimum Gasteiger partial charge on any atom is -0.393 e. The summed E-state index contributed by atoms with van der Waals surface area (Å²) < 4.78 is 5.45. The van der Waals surface area contributed by atoms with E-state index in [1.54, 1.807) is 0 Å².